The van der Waals surface area contributed by atoms with Crippen LogP contribution in [0.4, 0.5) is 0 Å². The van der Waals surface area contributed by atoms with Crippen molar-refractivity contribution in [2.75, 3.05) is 0 Å². The lowest BCUT2D eigenvalue weighted by Gasteiger charge is -2.25. The molecule has 0 heterocycles. The Morgan fingerprint density at radius 3 is 1.24 bits per heavy atom. The fraction of sp³-hybridized carbons (Fsp3) is 0.407. The highest BCUT2D eigenvalue weighted by atomic mass is 16.3. The second-order valence-corrected chi connectivity index (χ2v) is 10.3. The maximum atomic E-state index is 10.8. The Kier molecular flexibility index (Phi) is 6.09. The molecule has 2 aromatic carbocycles. The van der Waals surface area contributed by atoms with Crippen LogP contribution in [0.1, 0.15) is 88.8 Å². The second-order valence-electron chi connectivity index (χ2n) is 10.3. The predicted molar refractivity (Wildman–Crippen MR) is 126 cm³/mol. The molecule has 0 bridgehead atoms. The van der Waals surface area contributed by atoms with Crippen molar-refractivity contribution >= 4 is 11.1 Å². The first-order valence-corrected chi connectivity index (χ1v) is 10.2. The fourth-order valence-electron chi connectivity index (χ4n) is 3.62. The molecule has 0 fully saturated rings. The predicted octanol–water partition coefficient (Wildman–Crippen LogP) is 7.35. The van der Waals surface area contributed by atoms with Gasteiger partial charge in [-0.1, -0.05) is 66.8 Å². The van der Waals surface area contributed by atoms with E-state index in [0.29, 0.717) is 17.9 Å². The van der Waals surface area contributed by atoms with E-state index in [4.69, 9.17) is 0 Å². The van der Waals surface area contributed by atoms with Crippen molar-refractivity contribution < 1.29 is 10.2 Å². The van der Waals surface area contributed by atoms with E-state index in [2.05, 4.69) is 66.8 Å². The maximum Gasteiger partial charge on any atom is 0.126 e. The number of phenols is 2. The Hall–Kier alpha value is -2.48. The minimum atomic E-state index is -0.182. The molecule has 2 aromatic rings. The Balaban J connectivity index is 2.68. The zero-order chi connectivity index (χ0) is 22.3. The largest absolute Gasteiger partial charge is 0.507 e. The van der Waals surface area contributed by atoms with Crippen molar-refractivity contribution in [1.29, 1.82) is 0 Å². The van der Waals surface area contributed by atoms with E-state index < -0.39 is 0 Å². The molecule has 0 aliphatic rings. The quantitative estimate of drug-likeness (QED) is 0.571. The second kappa shape index (κ2) is 7.74. The monoisotopic (exact) mass is 392 g/mol. The van der Waals surface area contributed by atoms with Gasteiger partial charge in [0.15, 0.2) is 0 Å². The number of allylic oxidation sites excluding steroid dienone is 2. The van der Waals surface area contributed by atoms with Crippen molar-refractivity contribution in [3.63, 3.8) is 0 Å². The molecule has 0 atom stereocenters. The van der Waals surface area contributed by atoms with Crippen LogP contribution < -0.4 is 0 Å². The molecule has 2 N–H and O–H groups in total. The van der Waals surface area contributed by atoms with Crippen LogP contribution in [0.15, 0.2) is 37.4 Å². The highest BCUT2D eigenvalue weighted by Gasteiger charge is 2.24. The summed E-state index contributed by atoms with van der Waals surface area (Å²) in [6.45, 7) is 24.6. The van der Waals surface area contributed by atoms with Gasteiger partial charge in [-0.2, -0.15) is 0 Å². The number of hydrogen-bond acceptors (Lipinski definition) is 2. The number of phenolic OH excluding ortho intramolecular Hbond substituents is 2. The molecule has 0 saturated heterocycles. The smallest absolute Gasteiger partial charge is 0.126 e. The molecule has 0 spiro atoms. The van der Waals surface area contributed by atoms with Crippen molar-refractivity contribution in [3.8, 4) is 11.5 Å². The molecule has 2 rings (SSSR count). The van der Waals surface area contributed by atoms with E-state index in [9.17, 15) is 10.2 Å². The molecule has 0 aromatic heterocycles. The first-order valence-electron chi connectivity index (χ1n) is 10.2. The molecular weight excluding hydrogens is 356 g/mol. The number of hydrogen-bond donors (Lipinski definition) is 2. The van der Waals surface area contributed by atoms with Crippen LogP contribution in [0.25, 0.3) is 11.1 Å². The Morgan fingerprint density at radius 2 is 1.00 bits per heavy atom. The lowest BCUT2D eigenvalue weighted by atomic mass is 9.81. The third-order valence-electron chi connectivity index (χ3n) is 5.28. The van der Waals surface area contributed by atoms with Gasteiger partial charge in [0, 0.05) is 22.3 Å². The summed E-state index contributed by atoms with van der Waals surface area (Å²) in [6.07, 6.45) is 0.702. The Labute approximate surface area is 176 Å². The summed E-state index contributed by atoms with van der Waals surface area (Å²) in [5.41, 5.74) is 6.98. The number of benzene rings is 2. The van der Waals surface area contributed by atoms with Gasteiger partial charge in [-0.05, 0) is 65.5 Å². The van der Waals surface area contributed by atoms with Crippen molar-refractivity contribution in [2.24, 2.45) is 0 Å². The normalized spacial score (nSPS) is 12.1. The van der Waals surface area contributed by atoms with Crippen LogP contribution in [0.3, 0.4) is 0 Å². The molecule has 0 aliphatic carbocycles. The molecule has 0 unspecified atom stereocenters. The maximum absolute atomic E-state index is 10.8. The molecule has 2 nitrogen and oxygen atoms in total. The molecule has 0 aliphatic heterocycles. The average molecular weight is 393 g/mol. The topological polar surface area (TPSA) is 40.5 Å². The summed E-state index contributed by atoms with van der Waals surface area (Å²) in [5, 5.41) is 21.6. The summed E-state index contributed by atoms with van der Waals surface area (Å²) < 4.78 is 0. The van der Waals surface area contributed by atoms with Gasteiger partial charge in [0.05, 0.1) is 0 Å². The standard InChI is InChI=1S/C27H36O2/c1-16(2)20-12-18(14-22(24(20)28)26(5,6)7)11-19-13-21(17(3)4)25(29)23(15-19)27(8,9)10/h12-15,28-29H,1,3,11H2,2,4-10H3. The molecular formula is C27H36O2. The molecule has 156 valence electrons. The molecule has 0 saturated carbocycles. The first kappa shape index (κ1) is 22.8. The van der Waals surface area contributed by atoms with Gasteiger partial charge in [0.25, 0.3) is 0 Å². The summed E-state index contributed by atoms with van der Waals surface area (Å²) in [4.78, 5) is 0. The van der Waals surface area contributed by atoms with Crippen LogP contribution in [-0.2, 0) is 17.3 Å². The third kappa shape index (κ3) is 4.93. The van der Waals surface area contributed by atoms with Crippen LogP contribution in [0, 0.1) is 0 Å². The summed E-state index contributed by atoms with van der Waals surface area (Å²) in [7, 11) is 0. The van der Waals surface area contributed by atoms with E-state index in [0.717, 1.165) is 44.5 Å². The van der Waals surface area contributed by atoms with Crippen LogP contribution in [0.5, 0.6) is 11.5 Å². The number of aromatic hydroxyl groups is 2. The number of rotatable bonds is 4. The molecule has 29 heavy (non-hydrogen) atoms. The van der Waals surface area contributed by atoms with Crippen molar-refractivity contribution in [1.82, 2.24) is 0 Å². The SMILES string of the molecule is C=C(C)c1cc(Cc2cc(C(=C)C)c(O)c(C(C)(C)C)c2)cc(C(C)(C)C)c1O. The lowest BCUT2D eigenvalue weighted by molar-refractivity contribution is 0.444. The molecule has 2 heteroatoms. The van der Waals surface area contributed by atoms with Crippen molar-refractivity contribution in [3.05, 3.63) is 70.8 Å². The van der Waals surface area contributed by atoms with Crippen LogP contribution >= 0.6 is 0 Å². The van der Waals surface area contributed by atoms with E-state index in [1.54, 1.807) is 0 Å². The van der Waals surface area contributed by atoms with Gasteiger partial charge in [-0.25, -0.2) is 0 Å². The highest BCUT2D eigenvalue weighted by molar-refractivity contribution is 5.71. The van der Waals surface area contributed by atoms with Gasteiger partial charge in [-0.3, -0.25) is 0 Å². The third-order valence-corrected chi connectivity index (χ3v) is 5.28. The zero-order valence-corrected chi connectivity index (χ0v) is 19.3. The minimum Gasteiger partial charge on any atom is -0.507 e. The lowest BCUT2D eigenvalue weighted by Crippen LogP contribution is -2.14. The fourth-order valence-corrected chi connectivity index (χ4v) is 3.62. The first-order chi connectivity index (χ1) is 13.1. The van der Waals surface area contributed by atoms with Gasteiger partial charge in [-0.15, -0.1) is 0 Å². The summed E-state index contributed by atoms with van der Waals surface area (Å²) >= 11 is 0. The van der Waals surface area contributed by atoms with E-state index in [-0.39, 0.29) is 10.8 Å². The Morgan fingerprint density at radius 1 is 0.690 bits per heavy atom. The van der Waals surface area contributed by atoms with E-state index in [1.807, 2.05) is 26.0 Å². The van der Waals surface area contributed by atoms with Gasteiger partial charge in [0.2, 0.25) is 0 Å². The van der Waals surface area contributed by atoms with Gasteiger partial charge < -0.3 is 10.2 Å². The van der Waals surface area contributed by atoms with Crippen molar-refractivity contribution in [2.45, 2.75) is 72.6 Å². The Bertz CT molecular complexity index is 884. The van der Waals surface area contributed by atoms with E-state index >= 15 is 0 Å². The molecule has 0 amide bonds. The van der Waals surface area contributed by atoms with Gasteiger partial charge >= 0.3 is 0 Å². The highest BCUT2D eigenvalue weighted by Crippen LogP contribution is 2.40. The van der Waals surface area contributed by atoms with Crippen LogP contribution in [-0.4, -0.2) is 10.2 Å². The summed E-state index contributed by atoms with van der Waals surface area (Å²) in [6, 6.07) is 8.23. The zero-order valence-electron chi connectivity index (χ0n) is 19.3. The molecule has 0 radical (unpaired) electrons. The summed E-state index contributed by atoms with van der Waals surface area (Å²) in [5.74, 6) is 0.634. The van der Waals surface area contributed by atoms with Crippen LogP contribution in [0.2, 0.25) is 0 Å². The minimum absolute atomic E-state index is 0.182. The van der Waals surface area contributed by atoms with E-state index in [1.165, 1.54) is 0 Å². The average Bonchev–Trinajstić information content (AvgIpc) is 2.55. The van der Waals surface area contributed by atoms with Gasteiger partial charge in [0.1, 0.15) is 11.5 Å².